The van der Waals surface area contributed by atoms with Gasteiger partial charge in [-0.2, -0.15) is 0 Å². The van der Waals surface area contributed by atoms with Crippen molar-refractivity contribution in [2.45, 2.75) is 70.0 Å². The van der Waals surface area contributed by atoms with Crippen LogP contribution in [0.4, 0.5) is 0 Å². The molecule has 1 N–H and O–H groups in total. The van der Waals surface area contributed by atoms with Gasteiger partial charge in [0.15, 0.2) is 0 Å². The first kappa shape index (κ1) is 15.1. The van der Waals surface area contributed by atoms with Crippen molar-refractivity contribution in [2.75, 3.05) is 4.43 Å². The van der Waals surface area contributed by atoms with E-state index in [-0.39, 0.29) is 17.0 Å². The molecule has 0 radical (unpaired) electrons. The maximum atomic E-state index is 12.6. The number of carbonyl (C=O) groups excluding carboxylic acids is 1. The quantitative estimate of drug-likeness (QED) is 0.453. The van der Waals surface area contributed by atoms with Crippen LogP contribution in [0.3, 0.4) is 0 Å². The van der Waals surface area contributed by atoms with E-state index < -0.39 is 5.60 Å². The van der Waals surface area contributed by atoms with E-state index in [9.17, 15) is 9.90 Å². The minimum atomic E-state index is -0.558. The monoisotopic (exact) mass is 392 g/mol. The normalized spacial score (nSPS) is 45.2. The maximum absolute atomic E-state index is 12.6. The van der Waals surface area contributed by atoms with Crippen LogP contribution in [-0.2, 0) is 9.53 Å². The summed E-state index contributed by atoms with van der Waals surface area (Å²) in [5, 5.41) is 10.7. The van der Waals surface area contributed by atoms with Gasteiger partial charge in [-0.05, 0) is 57.3 Å². The number of alkyl halides is 1. The molecule has 0 aromatic carbocycles. The van der Waals surface area contributed by atoms with Gasteiger partial charge in [0.05, 0.1) is 11.0 Å². The van der Waals surface area contributed by atoms with Gasteiger partial charge in [0.25, 0.3) is 0 Å². The third-order valence-corrected chi connectivity index (χ3v) is 7.54. The van der Waals surface area contributed by atoms with Crippen LogP contribution in [0.15, 0.2) is 0 Å². The fraction of sp³-hybridized carbons (Fsp3) is 0.938. The number of rotatable bonds is 4. The van der Waals surface area contributed by atoms with Crippen molar-refractivity contribution in [2.24, 2.45) is 17.3 Å². The van der Waals surface area contributed by atoms with Crippen LogP contribution in [0.25, 0.3) is 0 Å². The average Bonchev–Trinajstić information content (AvgIpc) is 2.34. The Kier molecular flexibility index (Phi) is 3.64. The van der Waals surface area contributed by atoms with Gasteiger partial charge in [-0.25, -0.2) is 0 Å². The Morgan fingerprint density at radius 3 is 2.40 bits per heavy atom. The van der Waals surface area contributed by atoms with Gasteiger partial charge < -0.3 is 9.84 Å². The highest BCUT2D eigenvalue weighted by atomic mass is 127. The average molecular weight is 392 g/mol. The summed E-state index contributed by atoms with van der Waals surface area (Å²) in [6.07, 6.45) is 6.47. The lowest BCUT2D eigenvalue weighted by Gasteiger charge is -2.59. The van der Waals surface area contributed by atoms with Crippen molar-refractivity contribution >= 4 is 28.6 Å². The number of esters is 1. The molecule has 0 aromatic heterocycles. The van der Waals surface area contributed by atoms with Crippen molar-refractivity contribution in [1.29, 1.82) is 0 Å². The molecule has 0 aliphatic heterocycles. The molecule has 0 heterocycles. The molecule has 0 aromatic rings. The Bertz CT molecular complexity index is 402. The molecule has 3 unspecified atom stereocenters. The van der Waals surface area contributed by atoms with E-state index in [1.165, 1.54) is 6.42 Å². The number of aliphatic hydroxyl groups is 1. The minimum Gasteiger partial charge on any atom is -0.459 e. The number of hydrogen-bond acceptors (Lipinski definition) is 3. The molecular weight excluding hydrogens is 367 g/mol. The predicted molar refractivity (Wildman–Crippen MR) is 85.7 cm³/mol. The molecule has 3 atom stereocenters. The number of halogens is 1. The molecule has 0 saturated heterocycles. The first-order valence-corrected chi connectivity index (χ1v) is 9.36. The van der Waals surface area contributed by atoms with Crippen molar-refractivity contribution in [3.63, 3.8) is 0 Å². The van der Waals surface area contributed by atoms with E-state index in [1.807, 2.05) is 13.8 Å². The fourth-order valence-electron chi connectivity index (χ4n) is 4.86. The summed E-state index contributed by atoms with van der Waals surface area (Å²) in [6, 6.07) is 0. The molecule has 4 heteroatoms. The smallest absolute Gasteiger partial charge is 0.313 e. The predicted octanol–water partition coefficient (Wildman–Crippen LogP) is 3.46. The van der Waals surface area contributed by atoms with Crippen LogP contribution in [0.2, 0.25) is 0 Å². The van der Waals surface area contributed by atoms with Crippen molar-refractivity contribution in [1.82, 2.24) is 0 Å². The van der Waals surface area contributed by atoms with Gasteiger partial charge >= 0.3 is 5.97 Å². The van der Waals surface area contributed by atoms with E-state index in [4.69, 9.17) is 4.74 Å². The van der Waals surface area contributed by atoms with Gasteiger partial charge in [0, 0.05) is 10.8 Å². The lowest BCUT2D eigenvalue weighted by Crippen LogP contribution is -2.61. The fourth-order valence-corrected chi connectivity index (χ4v) is 5.71. The second-order valence-corrected chi connectivity index (χ2v) is 8.57. The maximum Gasteiger partial charge on any atom is 0.313 e. The van der Waals surface area contributed by atoms with Crippen LogP contribution < -0.4 is 0 Å². The molecular formula is C16H25IO3. The zero-order chi connectivity index (χ0) is 14.6. The zero-order valence-corrected chi connectivity index (χ0v) is 14.6. The van der Waals surface area contributed by atoms with E-state index in [1.54, 1.807) is 0 Å². The SMILES string of the molecule is CCC(C)(CI)C(=O)OC12CC3CC(CC(O)(C3)C1)C2. The van der Waals surface area contributed by atoms with Gasteiger partial charge in [-0.15, -0.1) is 0 Å². The Morgan fingerprint density at radius 2 is 1.95 bits per heavy atom. The van der Waals surface area contributed by atoms with Crippen LogP contribution >= 0.6 is 22.6 Å². The Morgan fingerprint density at radius 1 is 1.35 bits per heavy atom. The summed E-state index contributed by atoms with van der Waals surface area (Å²) in [7, 11) is 0. The first-order valence-electron chi connectivity index (χ1n) is 7.84. The lowest BCUT2D eigenvalue weighted by molar-refractivity contribution is -0.225. The van der Waals surface area contributed by atoms with Crippen molar-refractivity contribution in [3.05, 3.63) is 0 Å². The summed E-state index contributed by atoms with van der Waals surface area (Å²) in [5.74, 6) is 1.06. The molecule has 4 bridgehead atoms. The summed E-state index contributed by atoms with van der Waals surface area (Å²) in [5.41, 5.74) is -1.30. The molecule has 114 valence electrons. The number of ether oxygens (including phenoxy) is 1. The molecule has 3 nitrogen and oxygen atoms in total. The highest BCUT2D eigenvalue weighted by molar-refractivity contribution is 14.1. The van der Waals surface area contributed by atoms with E-state index in [2.05, 4.69) is 22.6 Å². The second kappa shape index (κ2) is 4.83. The minimum absolute atomic E-state index is 0.0556. The van der Waals surface area contributed by atoms with E-state index >= 15 is 0 Å². The van der Waals surface area contributed by atoms with Crippen LogP contribution in [0, 0.1) is 17.3 Å². The first-order chi connectivity index (χ1) is 9.32. The van der Waals surface area contributed by atoms with E-state index in [0.29, 0.717) is 18.3 Å². The zero-order valence-electron chi connectivity index (χ0n) is 12.5. The molecule has 4 aliphatic carbocycles. The molecule has 20 heavy (non-hydrogen) atoms. The summed E-state index contributed by atoms with van der Waals surface area (Å²) in [6.45, 7) is 4.05. The molecule has 4 saturated carbocycles. The topological polar surface area (TPSA) is 46.5 Å². The Hall–Kier alpha value is 0.160. The van der Waals surface area contributed by atoms with Crippen LogP contribution in [-0.4, -0.2) is 26.7 Å². The molecule has 4 aliphatic rings. The molecule has 4 rings (SSSR count). The Balaban J connectivity index is 1.79. The van der Waals surface area contributed by atoms with Crippen LogP contribution in [0.1, 0.15) is 58.8 Å². The van der Waals surface area contributed by atoms with Crippen molar-refractivity contribution < 1.29 is 14.6 Å². The Labute approximate surface area is 135 Å². The van der Waals surface area contributed by atoms with E-state index in [0.717, 1.165) is 36.5 Å². The third-order valence-electron chi connectivity index (χ3n) is 5.85. The standard InChI is InChI=1S/C16H25IO3/c1-3-14(2,10-17)13(18)20-16-7-11-4-12(8-16)6-15(19,5-11)9-16/h11-12,19H,3-10H2,1-2H3. The summed E-state index contributed by atoms with van der Waals surface area (Å²) >= 11 is 2.28. The van der Waals surface area contributed by atoms with Gasteiger partial charge in [-0.1, -0.05) is 29.5 Å². The second-order valence-electron chi connectivity index (χ2n) is 7.81. The third kappa shape index (κ3) is 2.40. The molecule has 0 spiro atoms. The largest absolute Gasteiger partial charge is 0.459 e. The molecule has 0 amide bonds. The summed E-state index contributed by atoms with van der Waals surface area (Å²) in [4.78, 5) is 12.6. The highest BCUT2D eigenvalue weighted by Gasteiger charge is 2.59. The van der Waals surface area contributed by atoms with Gasteiger partial charge in [0.1, 0.15) is 5.60 Å². The van der Waals surface area contributed by atoms with Gasteiger partial charge in [0.2, 0.25) is 0 Å². The summed E-state index contributed by atoms with van der Waals surface area (Å²) < 4.78 is 6.84. The van der Waals surface area contributed by atoms with Crippen molar-refractivity contribution in [3.8, 4) is 0 Å². The molecule has 4 fully saturated rings. The van der Waals surface area contributed by atoms with Crippen LogP contribution in [0.5, 0.6) is 0 Å². The lowest BCUT2D eigenvalue weighted by atomic mass is 9.52. The number of hydrogen-bond donors (Lipinski definition) is 1. The highest BCUT2D eigenvalue weighted by Crippen LogP contribution is 2.59. The number of carbonyl (C=O) groups is 1. The van der Waals surface area contributed by atoms with Gasteiger partial charge in [-0.3, -0.25) is 4.79 Å².